The highest BCUT2D eigenvalue weighted by Gasteiger charge is 2.24. The molecule has 0 radical (unpaired) electrons. The van der Waals surface area contributed by atoms with Gasteiger partial charge in [0.1, 0.15) is 5.75 Å². The second-order valence-corrected chi connectivity index (χ2v) is 7.94. The third-order valence-electron chi connectivity index (χ3n) is 4.11. The van der Waals surface area contributed by atoms with Crippen LogP contribution in [0.15, 0.2) is 29.3 Å². The van der Waals surface area contributed by atoms with E-state index in [4.69, 9.17) is 9.47 Å². The highest BCUT2D eigenvalue weighted by Crippen LogP contribution is 2.22. The van der Waals surface area contributed by atoms with Crippen molar-refractivity contribution < 1.29 is 14.6 Å². The van der Waals surface area contributed by atoms with Gasteiger partial charge in [-0.3, -0.25) is 4.99 Å². The average Bonchev–Trinajstić information content (AvgIpc) is 2.58. The van der Waals surface area contributed by atoms with Crippen molar-refractivity contribution >= 4 is 5.96 Å². The molecule has 154 valence electrons. The minimum atomic E-state index is -0.636. The minimum Gasteiger partial charge on any atom is -0.491 e. The number of aliphatic hydroxyl groups is 1. The van der Waals surface area contributed by atoms with Gasteiger partial charge in [0.15, 0.2) is 5.96 Å². The van der Waals surface area contributed by atoms with Gasteiger partial charge < -0.3 is 25.2 Å². The molecule has 0 heterocycles. The summed E-state index contributed by atoms with van der Waals surface area (Å²) in [5.41, 5.74) is 0.841. The fourth-order valence-corrected chi connectivity index (χ4v) is 2.57. The summed E-state index contributed by atoms with van der Waals surface area (Å²) in [5.74, 6) is 1.47. The van der Waals surface area contributed by atoms with Crippen molar-refractivity contribution in [2.45, 2.75) is 59.9 Å². The van der Waals surface area contributed by atoms with E-state index in [9.17, 15) is 5.11 Å². The Balaban J connectivity index is 2.66. The quantitative estimate of drug-likeness (QED) is 0.454. The monoisotopic (exact) mass is 379 g/mol. The first-order valence-electron chi connectivity index (χ1n) is 9.67. The number of aliphatic hydroxyl groups excluding tert-OH is 1. The van der Waals surface area contributed by atoms with E-state index in [-0.39, 0.29) is 17.6 Å². The molecule has 0 fully saturated rings. The van der Waals surface area contributed by atoms with Gasteiger partial charge in [-0.15, -0.1) is 0 Å². The van der Waals surface area contributed by atoms with E-state index in [1.165, 1.54) is 0 Å². The fourth-order valence-electron chi connectivity index (χ4n) is 2.57. The fraction of sp³-hybridized carbons (Fsp3) is 0.667. The Morgan fingerprint density at radius 1 is 1.15 bits per heavy atom. The van der Waals surface area contributed by atoms with Crippen molar-refractivity contribution in [1.29, 1.82) is 0 Å². The molecule has 3 N–H and O–H groups in total. The standard InChI is InChI=1S/C21H37N3O3/c1-8-22-20(24-14-19(26-7)21(4,5)6)23-13-18(25)16-9-11-17(12-10-16)27-15(2)3/h9-12,15,18-19,25H,8,13-14H2,1-7H3,(H2,22,23,24). The molecule has 0 amide bonds. The summed E-state index contributed by atoms with van der Waals surface area (Å²) in [5, 5.41) is 16.9. The van der Waals surface area contributed by atoms with Gasteiger partial charge in [-0.2, -0.15) is 0 Å². The van der Waals surface area contributed by atoms with Crippen LogP contribution in [0.3, 0.4) is 0 Å². The largest absolute Gasteiger partial charge is 0.491 e. The van der Waals surface area contributed by atoms with Crippen LogP contribution >= 0.6 is 0 Å². The zero-order valence-corrected chi connectivity index (χ0v) is 17.9. The lowest BCUT2D eigenvalue weighted by Gasteiger charge is -2.28. The van der Waals surface area contributed by atoms with E-state index in [1.807, 2.05) is 45.0 Å². The number of aliphatic imine (C=N–C) groups is 1. The van der Waals surface area contributed by atoms with Crippen molar-refractivity contribution in [3.8, 4) is 5.75 Å². The van der Waals surface area contributed by atoms with Crippen LogP contribution in [0.5, 0.6) is 5.75 Å². The van der Waals surface area contributed by atoms with Crippen LogP contribution in [0.4, 0.5) is 0 Å². The molecule has 1 rings (SSSR count). The molecular weight excluding hydrogens is 342 g/mol. The molecule has 0 aliphatic rings. The predicted octanol–water partition coefficient (Wildman–Crippen LogP) is 3.12. The van der Waals surface area contributed by atoms with Gasteiger partial charge >= 0.3 is 0 Å². The zero-order valence-electron chi connectivity index (χ0n) is 17.9. The second kappa shape index (κ2) is 11.1. The molecule has 0 saturated heterocycles. The summed E-state index contributed by atoms with van der Waals surface area (Å²) < 4.78 is 11.2. The second-order valence-electron chi connectivity index (χ2n) is 7.94. The van der Waals surface area contributed by atoms with Crippen LogP contribution in [0, 0.1) is 5.41 Å². The maximum atomic E-state index is 10.5. The van der Waals surface area contributed by atoms with Crippen LogP contribution in [-0.2, 0) is 4.74 Å². The number of nitrogens with zero attached hydrogens (tertiary/aromatic N) is 1. The van der Waals surface area contributed by atoms with Crippen molar-refractivity contribution in [3.05, 3.63) is 29.8 Å². The minimum absolute atomic E-state index is 0.00882. The van der Waals surface area contributed by atoms with Crippen molar-refractivity contribution in [2.75, 3.05) is 26.7 Å². The number of hydrogen-bond acceptors (Lipinski definition) is 4. The first kappa shape index (κ1) is 23.2. The number of rotatable bonds is 9. The number of nitrogens with one attached hydrogen (secondary N) is 2. The lowest BCUT2D eigenvalue weighted by molar-refractivity contribution is 0.0241. The average molecular weight is 380 g/mol. The molecule has 0 spiro atoms. The summed E-state index contributed by atoms with van der Waals surface area (Å²) in [6, 6.07) is 7.53. The van der Waals surface area contributed by atoms with E-state index in [0.717, 1.165) is 17.9 Å². The van der Waals surface area contributed by atoms with Gasteiger partial charge in [0.2, 0.25) is 0 Å². The van der Waals surface area contributed by atoms with Crippen LogP contribution in [0.1, 0.15) is 53.2 Å². The highest BCUT2D eigenvalue weighted by molar-refractivity contribution is 5.79. The van der Waals surface area contributed by atoms with E-state index in [1.54, 1.807) is 7.11 Å². The smallest absolute Gasteiger partial charge is 0.191 e. The van der Waals surface area contributed by atoms with Gasteiger partial charge in [-0.25, -0.2) is 0 Å². The predicted molar refractivity (Wildman–Crippen MR) is 111 cm³/mol. The molecule has 1 aromatic carbocycles. The van der Waals surface area contributed by atoms with E-state index in [2.05, 4.69) is 36.4 Å². The normalized spacial score (nSPS) is 14.8. The summed E-state index contributed by atoms with van der Waals surface area (Å²) in [7, 11) is 1.71. The Labute approximate surface area is 164 Å². The molecule has 1 aromatic rings. The SMILES string of the molecule is CCNC(=NCC(OC)C(C)(C)C)NCC(O)c1ccc(OC(C)C)cc1. The molecule has 2 atom stereocenters. The summed E-state index contributed by atoms with van der Waals surface area (Å²) in [6.45, 7) is 14.0. The molecule has 6 heteroatoms. The lowest BCUT2D eigenvalue weighted by atomic mass is 9.89. The summed E-state index contributed by atoms with van der Waals surface area (Å²) >= 11 is 0. The Bertz CT molecular complexity index is 565. The maximum absolute atomic E-state index is 10.5. The summed E-state index contributed by atoms with van der Waals surface area (Å²) in [6.07, 6.45) is -0.487. The van der Waals surface area contributed by atoms with Crippen LogP contribution in [-0.4, -0.2) is 50.0 Å². The van der Waals surface area contributed by atoms with Crippen LogP contribution < -0.4 is 15.4 Å². The first-order chi connectivity index (χ1) is 12.7. The third-order valence-corrected chi connectivity index (χ3v) is 4.11. The molecule has 0 aliphatic carbocycles. The van der Waals surface area contributed by atoms with Gasteiger partial charge in [0.25, 0.3) is 0 Å². The molecule has 27 heavy (non-hydrogen) atoms. The molecule has 0 bridgehead atoms. The molecule has 0 aliphatic heterocycles. The first-order valence-corrected chi connectivity index (χ1v) is 9.67. The van der Waals surface area contributed by atoms with E-state index < -0.39 is 6.10 Å². The number of guanidine groups is 1. The number of methoxy groups -OCH3 is 1. The van der Waals surface area contributed by atoms with Crippen molar-refractivity contribution in [1.82, 2.24) is 10.6 Å². The maximum Gasteiger partial charge on any atom is 0.191 e. The van der Waals surface area contributed by atoms with Gasteiger partial charge in [-0.1, -0.05) is 32.9 Å². The van der Waals surface area contributed by atoms with E-state index >= 15 is 0 Å². The number of hydrogen-bond donors (Lipinski definition) is 3. The van der Waals surface area contributed by atoms with Gasteiger partial charge in [0.05, 0.1) is 24.9 Å². The van der Waals surface area contributed by atoms with E-state index in [0.29, 0.717) is 19.0 Å². The number of ether oxygens (including phenoxy) is 2. The van der Waals surface area contributed by atoms with Crippen molar-refractivity contribution in [2.24, 2.45) is 10.4 Å². The molecule has 0 aromatic heterocycles. The topological polar surface area (TPSA) is 75.1 Å². The Morgan fingerprint density at radius 3 is 2.26 bits per heavy atom. The van der Waals surface area contributed by atoms with Gasteiger partial charge in [0, 0.05) is 20.2 Å². The zero-order chi connectivity index (χ0) is 20.4. The van der Waals surface area contributed by atoms with Crippen molar-refractivity contribution in [3.63, 3.8) is 0 Å². The number of benzene rings is 1. The van der Waals surface area contributed by atoms with Gasteiger partial charge in [-0.05, 0) is 43.9 Å². The Kier molecular flexibility index (Phi) is 9.60. The van der Waals surface area contributed by atoms with Crippen LogP contribution in [0.2, 0.25) is 0 Å². The molecule has 6 nitrogen and oxygen atoms in total. The third kappa shape index (κ3) is 8.63. The summed E-state index contributed by atoms with van der Waals surface area (Å²) in [4.78, 5) is 4.60. The highest BCUT2D eigenvalue weighted by atomic mass is 16.5. The molecule has 2 unspecified atom stereocenters. The molecular formula is C21H37N3O3. The van der Waals surface area contributed by atoms with Crippen LogP contribution in [0.25, 0.3) is 0 Å². The molecule has 0 saturated carbocycles. The Morgan fingerprint density at radius 2 is 1.78 bits per heavy atom. The lowest BCUT2D eigenvalue weighted by Crippen LogP contribution is -2.41. The Hall–Kier alpha value is -1.79.